The molecule has 0 heterocycles. The number of amides is 1. The van der Waals surface area contributed by atoms with Crippen LogP contribution in [0.2, 0.25) is 0 Å². The van der Waals surface area contributed by atoms with E-state index in [4.69, 9.17) is 4.74 Å². The molecule has 0 saturated heterocycles. The number of ether oxygens (including phenoxy) is 1. The Morgan fingerprint density at radius 3 is 2.62 bits per heavy atom. The molecule has 1 amide bonds. The summed E-state index contributed by atoms with van der Waals surface area (Å²) in [6.07, 6.45) is 2.14. The van der Waals surface area contributed by atoms with Gasteiger partial charge in [0.25, 0.3) is 0 Å². The number of aliphatic hydroxyl groups is 1. The number of benzene rings is 2. The van der Waals surface area contributed by atoms with Crippen LogP contribution in [0.1, 0.15) is 37.4 Å². The van der Waals surface area contributed by atoms with Crippen molar-refractivity contribution < 1.29 is 19.0 Å². The van der Waals surface area contributed by atoms with Crippen molar-refractivity contribution in [3.8, 4) is 5.75 Å². The maximum absolute atomic E-state index is 14.0. The first kappa shape index (κ1) is 16.5. The van der Waals surface area contributed by atoms with Gasteiger partial charge < -0.3 is 15.2 Å². The minimum atomic E-state index is -0.891. The molecule has 0 radical (unpaired) electrons. The molecule has 1 atom stereocenters. The van der Waals surface area contributed by atoms with Crippen molar-refractivity contribution in [3.05, 3.63) is 59.9 Å². The summed E-state index contributed by atoms with van der Waals surface area (Å²) < 4.78 is 19.6. The second-order valence-corrected chi connectivity index (χ2v) is 5.99. The quantitative estimate of drug-likeness (QED) is 0.847. The number of nitrogens with one attached hydrogen (secondary N) is 1. The van der Waals surface area contributed by atoms with Gasteiger partial charge in [0.2, 0.25) is 5.91 Å². The van der Waals surface area contributed by atoms with Gasteiger partial charge in [0.15, 0.2) is 11.6 Å². The fourth-order valence-corrected chi connectivity index (χ4v) is 2.52. The molecule has 4 nitrogen and oxygen atoms in total. The van der Waals surface area contributed by atoms with Crippen molar-refractivity contribution in [2.24, 2.45) is 0 Å². The molecule has 1 saturated carbocycles. The summed E-state index contributed by atoms with van der Waals surface area (Å²) >= 11 is 0. The maximum atomic E-state index is 14.0. The van der Waals surface area contributed by atoms with Crippen LogP contribution >= 0.6 is 0 Å². The van der Waals surface area contributed by atoms with Crippen LogP contribution in [0.5, 0.6) is 5.75 Å². The second kappa shape index (κ2) is 7.45. The van der Waals surface area contributed by atoms with Gasteiger partial charge in [-0.25, -0.2) is 4.39 Å². The van der Waals surface area contributed by atoms with Gasteiger partial charge in [0, 0.05) is 11.8 Å². The van der Waals surface area contributed by atoms with Gasteiger partial charge in [0.05, 0.1) is 18.6 Å². The van der Waals surface area contributed by atoms with Crippen LogP contribution in [0.15, 0.2) is 48.5 Å². The largest absolute Gasteiger partial charge is 0.487 e. The summed E-state index contributed by atoms with van der Waals surface area (Å²) in [7, 11) is 0. The zero-order valence-corrected chi connectivity index (χ0v) is 13.2. The maximum Gasteiger partial charge on any atom is 0.227 e. The lowest BCUT2D eigenvalue weighted by Gasteiger charge is -2.26. The van der Waals surface area contributed by atoms with E-state index < -0.39 is 11.9 Å². The highest BCUT2D eigenvalue weighted by Gasteiger charge is 2.21. The average Bonchev–Trinajstić information content (AvgIpc) is 2.53. The first-order valence-corrected chi connectivity index (χ1v) is 8.11. The number of aliphatic hydroxyl groups excluding tert-OH is 1. The summed E-state index contributed by atoms with van der Waals surface area (Å²) in [4.78, 5) is 12.0. The lowest BCUT2D eigenvalue weighted by molar-refractivity contribution is -0.118. The lowest BCUT2D eigenvalue weighted by atomic mass is 9.96. The van der Waals surface area contributed by atoms with Crippen LogP contribution < -0.4 is 10.1 Å². The van der Waals surface area contributed by atoms with Crippen molar-refractivity contribution in [1.29, 1.82) is 0 Å². The number of anilines is 1. The summed E-state index contributed by atoms with van der Waals surface area (Å²) in [5, 5.41) is 12.6. The highest BCUT2D eigenvalue weighted by atomic mass is 19.1. The molecule has 0 bridgehead atoms. The summed E-state index contributed by atoms with van der Waals surface area (Å²) in [6.45, 7) is 0. The van der Waals surface area contributed by atoms with Crippen LogP contribution in [-0.2, 0) is 4.79 Å². The molecule has 1 aliphatic carbocycles. The SMILES string of the molecule is O=C(CC(O)c1ccccc1)Nc1ccc(OC2CCC2)c(F)c1. The van der Waals surface area contributed by atoms with Gasteiger partial charge in [-0.1, -0.05) is 30.3 Å². The third-order valence-electron chi connectivity index (χ3n) is 4.12. The molecular formula is C19H20FNO3. The first-order chi connectivity index (χ1) is 11.6. The van der Waals surface area contributed by atoms with E-state index in [1.807, 2.05) is 6.07 Å². The molecule has 1 fully saturated rings. The number of carbonyl (C=O) groups excluding carboxylic acids is 1. The van der Waals surface area contributed by atoms with E-state index in [1.165, 1.54) is 12.1 Å². The van der Waals surface area contributed by atoms with Crippen molar-refractivity contribution in [2.45, 2.75) is 37.9 Å². The van der Waals surface area contributed by atoms with Gasteiger partial charge >= 0.3 is 0 Å². The molecule has 126 valence electrons. The van der Waals surface area contributed by atoms with Crippen molar-refractivity contribution in [1.82, 2.24) is 0 Å². The lowest BCUT2D eigenvalue weighted by Crippen LogP contribution is -2.25. The predicted molar refractivity (Wildman–Crippen MR) is 89.3 cm³/mol. The van der Waals surface area contributed by atoms with Gasteiger partial charge in [-0.3, -0.25) is 4.79 Å². The Kier molecular flexibility index (Phi) is 5.11. The van der Waals surface area contributed by atoms with E-state index in [-0.39, 0.29) is 24.2 Å². The minimum Gasteiger partial charge on any atom is -0.487 e. The Morgan fingerprint density at radius 1 is 1.25 bits per heavy atom. The zero-order chi connectivity index (χ0) is 16.9. The molecule has 2 aromatic carbocycles. The number of rotatable bonds is 6. The number of hydrogen-bond acceptors (Lipinski definition) is 3. The van der Waals surface area contributed by atoms with Gasteiger partial charge in [0.1, 0.15) is 0 Å². The van der Waals surface area contributed by atoms with Gasteiger partial charge in [-0.15, -0.1) is 0 Å². The molecule has 2 N–H and O–H groups in total. The fraction of sp³-hybridized carbons (Fsp3) is 0.316. The molecule has 0 aliphatic heterocycles. The molecule has 24 heavy (non-hydrogen) atoms. The average molecular weight is 329 g/mol. The second-order valence-electron chi connectivity index (χ2n) is 5.99. The van der Waals surface area contributed by atoms with Crippen LogP contribution in [-0.4, -0.2) is 17.1 Å². The van der Waals surface area contributed by atoms with E-state index >= 15 is 0 Å². The smallest absolute Gasteiger partial charge is 0.227 e. The van der Waals surface area contributed by atoms with Crippen LogP contribution in [0.25, 0.3) is 0 Å². The third kappa shape index (κ3) is 4.11. The van der Waals surface area contributed by atoms with Crippen LogP contribution in [0, 0.1) is 5.82 Å². The molecular weight excluding hydrogens is 309 g/mol. The summed E-state index contributed by atoms with van der Waals surface area (Å²) in [6, 6.07) is 13.3. The Hall–Kier alpha value is -2.40. The Bertz CT molecular complexity index is 701. The highest BCUT2D eigenvalue weighted by molar-refractivity contribution is 5.91. The summed E-state index contributed by atoms with van der Waals surface area (Å²) in [5.74, 6) is -0.663. The fourth-order valence-electron chi connectivity index (χ4n) is 2.52. The van der Waals surface area contributed by atoms with Gasteiger partial charge in [-0.2, -0.15) is 0 Å². The molecule has 0 spiro atoms. The number of carbonyl (C=O) groups is 1. The predicted octanol–water partition coefficient (Wildman–Crippen LogP) is 3.82. The number of halogens is 1. The van der Waals surface area contributed by atoms with E-state index in [2.05, 4.69) is 5.32 Å². The van der Waals surface area contributed by atoms with Crippen molar-refractivity contribution in [2.75, 3.05) is 5.32 Å². The van der Waals surface area contributed by atoms with E-state index in [9.17, 15) is 14.3 Å². The van der Waals surface area contributed by atoms with E-state index in [1.54, 1.807) is 30.3 Å². The normalized spacial score (nSPS) is 15.4. The minimum absolute atomic E-state index is 0.0913. The van der Waals surface area contributed by atoms with Gasteiger partial charge in [-0.05, 0) is 37.0 Å². The van der Waals surface area contributed by atoms with E-state index in [0.29, 0.717) is 11.3 Å². The number of hydrogen-bond donors (Lipinski definition) is 2. The zero-order valence-electron chi connectivity index (χ0n) is 13.2. The Labute approximate surface area is 140 Å². The highest BCUT2D eigenvalue weighted by Crippen LogP contribution is 2.28. The van der Waals surface area contributed by atoms with Crippen LogP contribution in [0.4, 0.5) is 10.1 Å². The van der Waals surface area contributed by atoms with Crippen molar-refractivity contribution >= 4 is 11.6 Å². The Balaban J connectivity index is 1.56. The van der Waals surface area contributed by atoms with Crippen LogP contribution in [0.3, 0.4) is 0 Å². The van der Waals surface area contributed by atoms with E-state index in [0.717, 1.165) is 19.3 Å². The molecule has 3 rings (SSSR count). The molecule has 5 heteroatoms. The molecule has 1 unspecified atom stereocenters. The summed E-state index contributed by atoms with van der Waals surface area (Å²) in [5.41, 5.74) is 1.02. The molecule has 2 aromatic rings. The third-order valence-corrected chi connectivity index (χ3v) is 4.12. The Morgan fingerprint density at radius 2 is 2.00 bits per heavy atom. The molecule has 0 aromatic heterocycles. The van der Waals surface area contributed by atoms with Crippen molar-refractivity contribution in [3.63, 3.8) is 0 Å². The monoisotopic (exact) mass is 329 g/mol. The first-order valence-electron chi connectivity index (χ1n) is 8.11. The molecule has 1 aliphatic rings. The standard InChI is InChI=1S/C19H20FNO3/c20-16-11-14(9-10-18(16)24-15-7-4-8-15)21-19(23)12-17(22)13-5-2-1-3-6-13/h1-3,5-6,9-11,15,17,22H,4,7-8,12H2,(H,21,23). The topological polar surface area (TPSA) is 58.6 Å².